The van der Waals surface area contributed by atoms with Gasteiger partial charge in [-0.2, -0.15) is 0 Å². The molecule has 4 aromatic carbocycles. The van der Waals surface area contributed by atoms with E-state index >= 15 is 0 Å². The van der Waals surface area contributed by atoms with Gasteiger partial charge in [0.1, 0.15) is 11.5 Å². The molecule has 0 aliphatic rings. The highest BCUT2D eigenvalue weighted by Crippen LogP contribution is 2.32. The lowest BCUT2D eigenvalue weighted by atomic mass is 10.00. The molecule has 1 N–H and O–H groups in total. The van der Waals surface area contributed by atoms with E-state index < -0.39 is 16.9 Å². The van der Waals surface area contributed by atoms with Crippen molar-refractivity contribution in [3.05, 3.63) is 135 Å². The van der Waals surface area contributed by atoms with Gasteiger partial charge in [-0.05, 0) is 24.3 Å². The zero-order valence-corrected chi connectivity index (χ0v) is 19.7. The van der Waals surface area contributed by atoms with E-state index in [0.29, 0.717) is 22.2 Å². The highest BCUT2D eigenvalue weighted by molar-refractivity contribution is 6.32. The number of nitrogens with zero attached hydrogens (tertiary/aromatic N) is 2. The Bertz CT molecular complexity index is 1370. The molecule has 0 aromatic heterocycles. The molecule has 0 heterocycles. The highest BCUT2D eigenvalue weighted by Gasteiger charge is 2.25. The van der Waals surface area contributed by atoms with Crippen LogP contribution in [0.2, 0.25) is 5.02 Å². The summed E-state index contributed by atoms with van der Waals surface area (Å²) >= 11 is 6.17. The second-order valence-electron chi connectivity index (χ2n) is 7.85. The summed E-state index contributed by atoms with van der Waals surface area (Å²) in [6, 6.07) is 28.2. The third-order valence-corrected chi connectivity index (χ3v) is 5.70. The number of nitro groups is 1. The van der Waals surface area contributed by atoms with Gasteiger partial charge in [0.25, 0.3) is 5.69 Å². The molecule has 0 radical (unpaired) electrons. The van der Waals surface area contributed by atoms with E-state index in [4.69, 9.17) is 16.3 Å². The molecule has 0 fully saturated rings. The van der Waals surface area contributed by atoms with Gasteiger partial charge in [0.2, 0.25) is 0 Å². The van der Waals surface area contributed by atoms with Crippen molar-refractivity contribution in [1.29, 1.82) is 0 Å². The normalized spacial score (nSPS) is 11.4. The minimum Gasteiger partial charge on any atom is -0.480 e. The van der Waals surface area contributed by atoms with Gasteiger partial charge in [-0.15, -0.1) is 0 Å². The summed E-state index contributed by atoms with van der Waals surface area (Å²) < 4.78 is 5.81. The molecular weight excluding hydrogens is 480 g/mol. The Labute approximate surface area is 212 Å². The highest BCUT2D eigenvalue weighted by atomic mass is 35.5. The number of halogens is 1. The van der Waals surface area contributed by atoms with E-state index in [1.807, 2.05) is 60.7 Å². The first kappa shape index (κ1) is 24.6. The Hall–Kier alpha value is -4.49. The number of nitro benzene ring substituents is 1. The summed E-state index contributed by atoms with van der Waals surface area (Å²) in [4.78, 5) is 28.0. The van der Waals surface area contributed by atoms with E-state index in [1.165, 1.54) is 18.2 Å². The van der Waals surface area contributed by atoms with Crippen LogP contribution in [0.1, 0.15) is 16.7 Å². The maximum atomic E-state index is 12.3. The van der Waals surface area contributed by atoms with Crippen LogP contribution in [0.4, 0.5) is 5.69 Å². The van der Waals surface area contributed by atoms with Crippen molar-refractivity contribution in [2.45, 2.75) is 12.5 Å². The largest absolute Gasteiger partial charge is 0.480 e. The second kappa shape index (κ2) is 11.3. The summed E-state index contributed by atoms with van der Waals surface area (Å²) in [7, 11) is 0. The summed E-state index contributed by atoms with van der Waals surface area (Å²) in [5, 5.41) is 22.1. The zero-order valence-electron chi connectivity index (χ0n) is 19.0. The van der Waals surface area contributed by atoms with Crippen molar-refractivity contribution in [2.75, 3.05) is 0 Å². The lowest BCUT2D eigenvalue weighted by Crippen LogP contribution is -2.24. The molecule has 4 aromatic rings. The summed E-state index contributed by atoms with van der Waals surface area (Å²) in [5.41, 5.74) is 1.92. The molecule has 4 rings (SSSR count). The number of hydrogen-bond acceptors (Lipinski definition) is 5. The lowest BCUT2D eigenvalue weighted by molar-refractivity contribution is -0.385. The minimum absolute atomic E-state index is 0.182. The van der Waals surface area contributed by atoms with E-state index in [2.05, 4.69) is 4.99 Å². The molecule has 0 spiro atoms. The fourth-order valence-corrected chi connectivity index (χ4v) is 3.86. The molecule has 180 valence electrons. The molecule has 0 saturated carbocycles. The predicted molar refractivity (Wildman–Crippen MR) is 138 cm³/mol. The van der Waals surface area contributed by atoms with Gasteiger partial charge in [0.15, 0.2) is 6.04 Å². The van der Waals surface area contributed by atoms with Crippen LogP contribution in [0.25, 0.3) is 0 Å². The minimum atomic E-state index is -1.28. The van der Waals surface area contributed by atoms with Crippen molar-refractivity contribution in [1.82, 2.24) is 0 Å². The second-order valence-corrected chi connectivity index (χ2v) is 8.26. The predicted octanol–water partition coefficient (Wildman–Crippen LogP) is 6.57. The van der Waals surface area contributed by atoms with Gasteiger partial charge < -0.3 is 9.84 Å². The van der Waals surface area contributed by atoms with Crippen LogP contribution in [0.5, 0.6) is 11.5 Å². The Balaban J connectivity index is 1.74. The van der Waals surface area contributed by atoms with Crippen LogP contribution in [0, 0.1) is 10.1 Å². The van der Waals surface area contributed by atoms with Gasteiger partial charge in [-0.25, -0.2) is 4.79 Å². The van der Waals surface area contributed by atoms with Crippen LogP contribution in [-0.4, -0.2) is 27.8 Å². The number of rotatable bonds is 9. The molecule has 0 saturated heterocycles. The van der Waals surface area contributed by atoms with Crippen LogP contribution in [0.15, 0.2) is 108 Å². The maximum absolute atomic E-state index is 12.3. The molecular formula is C28H21ClN2O5. The average molecular weight is 501 g/mol. The van der Waals surface area contributed by atoms with Crippen LogP contribution in [0.3, 0.4) is 0 Å². The van der Waals surface area contributed by atoms with Crippen molar-refractivity contribution in [3.63, 3.8) is 0 Å². The molecule has 36 heavy (non-hydrogen) atoms. The SMILES string of the molecule is O=C(O)[C@H](Cc1cc(Oc2ccccc2Cl)ccc1[N+](=O)[O-])N=C(c1ccccc1)c1ccccc1. The topological polar surface area (TPSA) is 102 Å². The Morgan fingerprint density at radius 1 is 0.917 bits per heavy atom. The molecule has 7 nitrogen and oxygen atoms in total. The number of para-hydroxylation sites is 1. The first-order chi connectivity index (χ1) is 17.4. The first-order valence-corrected chi connectivity index (χ1v) is 11.4. The summed E-state index contributed by atoms with van der Waals surface area (Å²) in [5.74, 6) is -0.531. The van der Waals surface area contributed by atoms with Gasteiger partial charge >= 0.3 is 5.97 Å². The molecule has 0 unspecified atom stereocenters. The number of aliphatic carboxylic acids is 1. The number of carboxylic acids is 1. The van der Waals surface area contributed by atoms with E-state index in [-0.39, 0.29) is 17.7 Å². The van der Waals surface area contributed by atoms with E-state index in [9.17, 15) is 20.0 Å². The van der Waals surface area contributed by atoms with Crippen LogP contribution in [-0.2, 0) is 11.2 Å². The number of carbonyl (C=O) groups is 1. The lowest BCUT2D eigenvalue weighted by Gasteiger charge is -2.14. The number of ether oxygens (including phenoxy) is 1. The number of hydrogen-bond donors (Lipinski definition) is 1. The van der Waals surface area contributed by atoms with Crippen molar-refractivity contribution in [2.24, 2.45) is 4.99 Å². The third kappa shape index (κ3) is 5.95. The van der Waals surface area contributed by atoms with Crippen molar-refractivity contribution >= 4 is 29.0 Å². The number of aliphatic imine (C=N–C) groups is 1. The van der Waals surface area contributed by atoms with E-state index in [1.54, 1.807) is 24.3 Å². The Morgan fingerprint density at radius 3 is 2.06 bits per heavy atom. The van der Waals surface area contributed by atoms with Gasteiger partial charge in [-0.1, -0.05) is 84.4 Å². The smallest absolute Gasteiger partial charge is 0.328 e. The van der Waals surface area contributed by atoms with E-state index in [0.717, 1.165) is 11.1 Å². The Morgan fingerprint density at radius 2 is 1.50 bits per heavy atom. The van der Waals surface area contributed by atoms with Crippen LogP contribution < -0.4 is 4.74 Å². The number of carboxylic acid groups (broad SMARTS) is 1. The van der Waals surface area contributed by atoms with Crippen molar-refractivity contribution in [3.8, 4) is 11.5 Å². The molecule has 1 atom stereocenters. The van der Waals surface area contributed by atoms with Gasteiger partial charge in [0.05, 0.1) is 15.7 Å². The molecule has 8 heteroatoms. The quantitative estimate of drug-likeness (QED) is 0.159. The molecule has 0 aliphatic carbocycles. The fourth-order valence-electron chi connectivity index (χ4n) is 3.68. The van der Waals surface area contributed by atoms with Crippen molar-refractivity contribution < 1.29 is 19.6 Å². The monoisotopic (exact) mass is 500 g/mol. The first-order valence-electron chi connectivity index (χ1n) is 11.0. The van der Waals surface area contributed by atoms with Gasteiger partial charge in [-0.3, -0.25) is 15.1 Å². The number of benzene rings is 4. The zero-order chi connectivity index (χ0) is 25.5. The third-order valence-electron chi connectivity index (χ3n) is 5.39. The standard InChI is InChI=1S/C28H21ClN2O5/c29-23-13-7-8-14-26(23)36-22-15-16-25(31(34)35)21(17-22)18-24(28(32)33)30-27(19-9-3-1-4-10-19)20-11-5-2-6-12-20/h1-17,24H,18H2,(H,32,33)/t24-/m0/s1. The molecule has 0 bridgehead atoms. The maximum Gasteiger partial charge on any atom is 0.328 e. The van der Waals surface area contributed by atoms with Crippen LogP contribution >= 0.6 is 11.6 Å². The summed E-state index contributed by atoms with van der Waals surface area (Å²) in [6.07, 6.45) is -0.214. The molecule has 0 amide bonds. The molecule has 0 aliphatic heterocycles. The average Bonchev–Trinajstić information content (AvgIpc) is 2.88. The van der Waals surface area contributed by atoms with Gasteiger partial charge in [0, 0.05) is 29.2 Å². The Kier molecular flexibility index (Phi) is 7.72. The fraction of sp³-hybridized carbons (Fsp3) is 0.0714. The summed E-state index contributed by atoms with van der Waals surface area (Å²) in [6.45, 7) is 0.